The summed E-state index contributed by atoms with van der Waals surface area (Å²) < 4.78 is 9.90. The first kappa shape index (κ1) is 20.2. The van der Waals surface area contributed by atoms with Crippen LogP contribution in [0.3, 0.4) is 0 Å². The maximum Gasteiger partial charge on any atom is 0.360 e. The Morgan fingerprint density at radius 1 is 1.38 bits per heavy atom. The second-order valence-corrected chi connectivity index (χ2v) is 7.51. The van der Waals surface area contributed by atoms with Crippen LogP contribution in [0.5, 0.6) is 0 Å². The number of amides is 1. The van der Waals surface area contributed by atoms with E-state index in [1.54, 1.807) is 4.90 Å². The summed E-state index contributed by atoms with van der Waals surface area (Å²) in [5.41, 5.74) is 0.324. The van der Waals surface area contributed by atoms with E-state index in [1.165, 1.54) is 13.4 Å². The standard InChI is InChI=1S/C18H30N2O4/c1-7-8-20(16(21)9-13(2)10-18(3,4)5)11-15-19-14(12-24-15)17(22)23-6/h12-13H,7-11H2,1-6H3/t13-/m1/s1. The molecule has 24 heavy (non-hydrogen) atoms. The molecule has 1 aromatic heterocycles. The minimum Gasteiger partial charge on any atom is -0.464 e. The zero-order chi connectivity index (χ0) is 18.3. The Labute approximate surface area is 144 Å². The zero-order valence-corrected chi connectivity index (χ0v) is 15.7. The number of hydrogen-bond acceptors (Lipinski definition) is 5. The number of esters is 1. The number of aromatic nitrogens is 1. The molecule has 0 saturated carbocycles. The Kier molecular flexibility index (Phi) is 7.45. The van der Waals surface area contributed by atoms with Gasteiger partial charge in [-0.15, -0.1) is 0 Å². The molecule has 1 atom stereocenters. The highest BCUT2D eigenvalue weighted by atomic mass is 16.5. The summed E-state index contributed by atoms with van der Waals surface area (Å²) in [5.74, 6) is 0.205. The van der Waals surface area contributed by atoms with E-state index in [-0.39, 0.29) is 23.6 Å². The van der Waals surface area contributed by atoms with Gasteiger partial charge in [-0.2, -0.15) is 0 Å². The van der Waals surface area contributed by atoms with E-state index >= 15 is 0 Å². The molecule has 0 bridgehead atoms. The topological polar surface area (TPSA) is 72.6 Å². The molecule has 0 fully saturated rings. The Morgan fingerprint density at radius 3 is 2.58 bits per heavy atom. The molecule has 0 aliphatic heterocycles. The lowest BCUT2D eigenvalue weighted by atomic mass is 9.84. The van der Waals surface area contributed by atoms with Gasteiger partial charge in [0.2, 0.25) is 11.8 Å². The molecule has 136 valence electrons. The summed E-state index contributed by atoms with van der Waals surface area (Å²) in [6, 6.07) is 0. The highest BCUT2D eigenvalue weighted by Gasteiger charge is 2.22. The SMILES string of the molecule is CCCN(Cc1nc(C(=O)OC)co1)C(=O)C[C@@H](C)CC(C)(C)C. The van der Waals surface area contributed by atoms with Crippen molar-refractivity contribution in [3.8, 4) is 0 Å². The fourth-order valence-electron chi connectivity index (χ4n) is 2.85. The second-order valence-electron chi connectivity index (χ2n) is 7.51. The maximum atomic E-state index is 12.6. The Bertz CT molecular complexity index is 545. The monoisotopic (exact) mass is 338 g/mol. The molecule has 0 aliphatic rings. The Morgan fingerprint density at radius 2 is 2.04 bits per heavy atom. The summed E-state index contributed by atoms with van der Waals surface area (Å²) >= 11 is 0. The largest absolute Gasteiger partial charge is 0.464 e. The Hall–Kier alpha value is -1.85. The van der Waals surface area contributed by atoms with Gasteiger partial charge in [-0.25, -0.2) is 9.78 Å². The third-order valence-corrected chi connectivity index (χ3v) is 3.60. The van der Waals surface area contributed by atoms with E-state index in [9.17, 15) is 9.59 Å². The highest BCUT2D eigenvalue weighted by molar-refractivity contribution is 5.86. The number of carbonyl (C=O) groups is 2. The van der Waals surface area contributed by atoms with Crippen LogP contribution in [-0.4, -0.2) is 35.4 Å². The third kappa shape index (κ3) is 6.72. The van der Waals surface area contributed by atoms with Gasteiger partial charge in [0.15, 0.2) is 5.69 Å². The molecule has 6 heteroatoms. The lowest BCUT2D eigenvalue weighted by molar-refractivity contribution is -0.133. The van der Waals surface area contributed by atoms with Crippen molar-refractivity contribution >= 4 is 11.9 Å². The lowest BCUT2D eigenvalue weighted by Crippen LogP contribution is -2.33. The molecule has 0 spiro atoms. The highest BCUT2D eigenvalue weighted by Crippen LogP contribution is 2.26. The fourth-order valence-corrected chi connectivity index (χ4v) is 2.85. The van der Waals surface area contributed by atoms with Crippen LogP contribution in [-0.2, 0) is 16.1 Å². The summed E-state index contributed by atoms with van der Waals surface area (Å²) in [7, 11) is 1.29. The molecule has 0 radical (unpaired) electrons. The molecule has 0 aromatic carbocycles. The molecule has 6 nitrogen and oxygen atoms in total. The van der Waals surface area contributed by atoms with Gasteiger partial charge < -0.3 is 14.1 Å². The second kappa shape index (κ2) is 8.85. The van der Waals surface area contributed by atoms with Crippen molar-refractivity contribution in [3.05, 3.63) is 17.8 Å². The lowest BCUT2D eigenvalue weighted by Gasteiger charge is -2.26. The molecule has 0 saturated heterocycles. The normalized spacial score (nSPS) is 12.8. The molecule has 1 heterocycles. The molecule has 0 aliphatic carbocycles. The minimum absolute atomic E-state index is 0.0893. The van der Waals surface area contributed by atoms with Crippen molar-refractivity contribution in [2.45, 2.75) is 60.4 Å². The zero-order valence-electron chi connectivity index (χ0n) is 15.7. The number of nitrogens with zero attached hydrogens (tertiary/aromatic N) is 2. The fraction of sp³-hybridized carbons (Fsp3) is 0.722. The quantitative estimate of drug-likeness (QED) is 0.676. The van der Waals surface area contributed by atoms with E-state index in [2.05, 4.69) is 37.4 Å². The van der Waals surface area contributed by atoms with Crippen LogP contribution < -0.4 is 0 Å². The van der Waals surface area contributed by atoms with Gasteiger partial charge in [0.1, 0.15) is 6.26 Å². The smallest absolute Gasteiger partial charge is 0.360 e. The van der Waals surface area contributed by atoms with Crippen LogP contribution in [0, 0.1) is 11.3 Å². The molecule has 1 rings (SSSR count). The first-order chi connectivity index (χ1) is 11.2. The van der Waals surface area contributed by atoms with Gasteiger partial charge in [0, 0.05) is 13.0 Å². The summed E-state index contributed by atoms with van der Waals surface area (Å²) in [5, 5.41) is 0. The van der Waals surface area contributed by atoms with Crippen LogP contribution in [0.1, 0.15) is 70.3 Å². The van der Waals surface area contributed by atoms with Crippen molar-refractivity contribution in [1.29, 1.82) is 0 Å². The van der Waals surface area contributed by atoms with E-state index in [0.29, 0.717) is 24.8 Å². The van der Waals surface area contributed by atoms with Crippen molar-refractivity contribution in [2.24, 2.45) is 11.3 Å². The number of methoxy groups -OCH3 is 1. The third-order valence-electron chi connectivity index (χ3n) is 3.60. The molecule has 0 unspecified atom stereocenters. The first-order valence-corrected chi connectivity index (χ1v) is 8.46. The van der Waals surface area contributed by atoms with Crippen LogP contribution in [0.2, 0.25) is 0 Å². The van der Waals surface area contributed by atoms with Gasteiger partial charge in [0.25, 0.3) is 0 Å². The number of carbonyl (C=O) groups excluding carboxylic acids is 2. The van der Waals surface area contributed by atoms with E-state index < -0.39 is 5.97 Å². The van der Waals surface area contributed by atoms with E-state index in [0.717, 1.165) is 12.8 Å². The summed E-state index contributed by atoms with van der Waals surface area (Å²) in [6.45, 7) is 11.6. The van der Waals surface area contributed by atoms with Gasteiger partial charge in [-0.1, -0.05) is 34.6 Å². The molecular formula is C18H30N2O4. The van der Waals surface area contributed by atoms with E-state index in [1.807, 2.05) is 6.92 Å². The van der Waals surface area contributed by atoms with Gasteiger partial charge >= 0.3 is 5.97 Å². The maximum absolute atomic E-state index is 12.6. The number of oxazole rings is 1. The number of hydrogen-bond donors (Lipinski definition) is 0. The van der Waals surface area contributed by atoms with Crippen molar-refractivity contribution in [2.75, 3.05) is 13.7 Å². The van der Waals surface area contributed by atoms with Crippen LogP contribution in [0.15, 0.2) is 10.7 Å². The summed E-state index contributed by atoms with van der Waals surface area (Å²) in [4.78, 5) is 29.9. The molecule has 1 amide bonds. The molecule has 0 N–H and O–H groups in total. The van der Waals surface area contributed by atoms with Crippen LogP contribution >= 0.6 is 0 Å². The van der Waals surface area contributed by atoms with Gasteiger partial charge in [-0.05, 0) is 24.2 Å². The van der Waals surface area contributed by atoms with Crippen molar-refractivity contribution in [3.63, 3.8) is 0 Å². The van der Waals surface area contributed by atoms with Gasteiger partial charge in [-0.3, -0.25) is 4.79 Å². The predicted molar refractivity (Wildman–Crippen MR) is 91.4 cm³/mol. The van der Waals surface area contributed by atoms with Crippen LogP contribution in [0.25, 0.3) is 0 Å². The average Bonchev–Trinajstić information content (AvgIpc) is 2.92. The van der Waals surface area contributed by atoms with Crippen molar-refractivity contribution < 1.29 is 18.7 Å². The minimum atomic E-state index is -0.544. The molecular weight excluding hydrogens is 308 g/mol. The number of ether oxygens (including phenoxy) is 1. The summed E-state index contributed by atoms with van der Waals surface area (Å²) in [6.07, 6.45) is 3.61. The average molecular weight is 338 g/mol. The van der Waals surface area contributed by atoms with Crippen molar-refractivity contribution in [1.82, 2.24) is 9.88 Å². The van der Waals surface area contributed by atoms with E-state index in [4.69, 9.17) is 4.42 Å². The predicted octanol–water partition coefficient (Wildman–Crippen LogP) is 3.66. The van der Waals surface area contributed by atoms with Crippen LogP contribution in [0.4, 0.5) is 0 Å². The molecule has 1 aromatic rings. The first-order valence-electron chi connectivity index (χ1n) is 8.46. The van der Waals surface area contributed by atoms with Gasteiger partial charge in [0.05, 0.1) is 13.7 Å². The Balaban J connectivity index is 2.70. The number of rotatable bonds is 8.